The summed E-state index contributed by atoms with van der Waals surface area (Å²) in [7, 11) is -3.73. The Hall–Kier alpha value is -2.13. The standard InChI is InChI=1S/C12H16N4O4S/c1-2-15-9-10(8-11(15)12(17)18)21(19,20)14-5-7-16-6-3-4-13-16/h3-4,6,8-9,14H,2,5,7H2,1H3,(H,17,18). The molecule has 0 bridgehead atoms. The average molecular weight is 312 g/mol. The third-order valence-corrected chi connectivity index (χ3v) is 4.36. The monoisotopic (exact) mass is 312 g/mol. The van der Waals surface area contributed by atoms with Gasteiger partial charge < -0.3 is 9.67 Å². The van der Waals surface area contributed by atoms with Gasteiger partial charge in [0.15, 0.2) is 0 Å². The first-order valence-corrected chi connectivity index (χ1v) is 7.83. The van der Waals surface area contributed by atoms with E-state index in [0.717, 1.165) is 6.07 Å². The van der Waals surface area contributed by atoms with E-state index in [0.29, 0.717) is 13.1 Å². The van der Waals surface area contributed by atoms with Crippen LogP contribution in [-0.4, -0.2) is 40.4 Å². The molecular weight excluding hydrogens is 296 g/mol. The predicted octanol–water partition coefficient (Wildman–Crippen LogP) is 0.381. The van der Waals surface area contributed by atoms with Crippen LogP contribution in [0.2, 0.25) is 0 Å². The molecule has 0 unspecified atom stereocenters. The van der Waals surface area contributed by atoms with Gasteiger partial charge in [0.25, 0.3) is 0 Å². The van der Waals surface area contributed by atoms with Crippen LogP contribution in [0.25, 0.3) is 0 Å². The van der Waals surface area contributed by atoms with E-state index in [1.54, 1.807) is 30.1 Å². The van der Waals surface area contributed by atoms with E-state index in [-0.39, 0.29) is 17.1 Å². The van der Waals surface area contributed by atoms with Crippen LogP contribution in [0.4, 0.5) is 0 Å². The molecule has 2 heterocycles. The number of hydrogen-bond donors (Lipinski definition) is 2. The van der Waals surface area contributed by atoms with Gasteiger partial charge in [0.1, 0.15) is 10.6 Å². The van der Waals surface area contributed by atoms with Crippen molar-refractivity contribution in [2.75, 3.05) is 6.54 Å². The lowest BCUT2D eigenvalue weighted by Gasteiger charge is -2.05. The average Bonchev–Trinajstić information content (AvgIpc) is 3.07. The summed E-state index contributed by atoms with van der Waals surface area (Å²) < 4.78 is 29.6. The Morgan fingerprint density at radius 1 is 1.48 bits per heavy atom. The van der Waals surface area contributed by atoms with Crippen LogP contribution in [0.5, 0.6) is 0 Å². The number of carbonyl (C=O) groups is 1. The van der Waals surface area contributed by atoms with Gasteiger partial charge in [0, 0.05) is 31.7 Å². The largest absolute Gasteiger partial charge is 0.477 e. The van der Waals surface area contributed by atoms with Gasteiger partial charge in [0.05, 0.1) is 6.54 Å². The molecule has 0 saturated heterocycles. The Morgan fingerprint density at radius 2 is 2.24 bits per heavy atom. The molecule has 0 atom stereocenters. The second-order valence-corrected chi connectivity index (χ2v) is 6.09. The maximum Gasteiger partial charge on any atom is 0.352 e. The van der Waals surface area contributed by atoms with Crippen molar-refractivity contribution >= 4 is 16.0 Å². The third-order valence-electron chi connectivity index (χ3n) is 2.93. The highest BCUT2D eigenvalue weighted by Gasteiger charge is 2.20. The fourth-order valence-electron chi connectivity index (χ4n) is 1.88. The zero-order valence-corrected chi connectivity index (χ0v) is 12.2. The van der Waals surface area contributed by atoms with E-state index >= 15 is 0 Å². The quantitative estimate of drug-likeness (QED) is 0.769. The molecule has 0 aliphatic carbocycles. The highest BCUT2D eigenvalue weighted by Crippen LogP contribution is 2.14. The van der Waals surface area contributed by atoms with Gasteiger partial charge in [-0.3, -0.25) is 4.68 Å². The summed E-state index contributed by atoms with van der Waals surface area (Å²) in [6, 6.07) is 2.90. The topological polar surface area (TPSA) is 106 Å². The zero-order chi connectivity index (χ0) is 15.5. The van der Waals surface area contributed by atoms with Gasteiger partial charge in [-0.15, -0.1) is 0 Å². The fraction of sp³-hybridized carbons (Fsp3) is 0.333. The molecule has 0 fully saturated rings. The molecule has 114 valence electrons. The molecule has 0 aromatic carbocycles. The lowest BCUT2D eigenvalue weighted by molar-refractivity contribution is 0.0685. The van der Waals surface area contributed by atoms with Crippen molar-refractivity contribution in [2.24, 2.45) is 0 Å². The van der Waals surface area contributed by atoms with Crippen molar-refractivity contribution in [3.05, 3.63) is 36.4 Å². The third kappa shape index (κ3) is 3.50. The SMILES string of the molecule is CCn1cc(S(=O)(=O)NCCn2cccn2)cc1C(=O)O. The minimum atomic E-state index is -3.73. The normalized spacial score (nSPS) is 11.7. The van der Waals surface area contributed by atoms with Crippen molar-refractivity contribution in [3.63, 3.8) is 0 Å². The zero-order valence-electron chi connectivity index (χ0n) is 11.4. The number of aromatic carboxylic acids is 1. The summed E-state index contributed by atoms with van der Waals surface area (Å²) in [5, 5.41) is 13.0. The Morgan fingerprint density at radius 3 is 2.76 bits per heavy atom. The molecule has 0 spiro atoms. The summed E-state index contributed by atoms with van der Waals surface area (Å²) in [5.41, 5.74) is -0.0510. The summed E-state index contributed by atoms with van der Waals surface area (Å²) in [5.74, 6) is -1.16. The first kappa shape index (κ1) is 15.3. The number of aromatic nitrogens is 3. The molecule has 0 saturated carbocycles. The maximum atomic E-state index is 12.1. The second-order valence-electron chi connectivity index (χ2n) is 4.32. The minimum absolute atomic E-state index is 0.0510. The molecule has 0 aliphatic rings. The van der Waals surface area contributed by atoms with Gasteiger partial charge in [-0.25, -0.2) is 17.9 Å². The molecular formula is C12H16N4O4S. The fourth-order valence-corrected chi connectivity index (χ4v) is 2.94. The van der Waals surface area contributed by atoms with Crippen LogP contribution in [-0.2, 0) is 23.1 Å². The van der Waals surface area contributed by atoms with Crippen molar-refractivity contribution in [1.29, 1.82) is 0 Å². The summed E-state index contributed by atoms with van der Waals surface area (Å²) in [6.45, 7) is 2.69. The van der Waals surface area contributed by atoms with Crippen molar-refractivity contribution in [2.45, 2.75) is 24.9 Å². The van der Waals surface area contributed by atoms with E-state index in [2.05, 4.69) is 9.82 Å². The molecule has 2 aromatic heterocycles. The molecule has 2 N–H and O–H groups in total. The van der Waals surface area contributed by atoms with E-state index in [9.17, 15) is 13.2 Å². The molecule has 2 rings (SSSR count). The maximum absolute atomic E-state index is 12.1. The van der Waals surface area contributed by atoms with E-state index in [1.165, 1.54) is 10.8 Å². The number of nitrogens with one attached hydrogen (secondary N) is 1. The smallest absolute Gasteiger partial charge is 0.352 e. The van der Waals surface area contributed by atoms with Gasteiger partial charge in [-0.1, -0.05) is 0 Å². The van der Waals surface area contributed by atoms with Gasteiger partial charge in [-0.05, 0) is 19.1 Å². The van der Waals surface area contributed by atoms with E-state index in [4.69, 9.17) is 5.11 Å². The van der Waals surface area contributed by atoms with E-state index in [1.807, 2.05) is 0 Å². The number of aryl methyl sites for hydroxylation is 1. The second kappa shape index (κ2) is 6.10. The number of carboxylic acids is 1. The van der Waals surface area contributed by atoms with Gasteiger partial charge in [-0.2, -0.15) is 5.10 Å². The number of carboxylic acid groups (broad SMARTS) is 1. The summed E-state index contributed by atoms with van der Waals surface area (Å²) in [4.78, 5) is 11.0. The van der Waals surface area contributed by atoms with Crippen LogP contribution in [0.3, 0.4) is 0 Å². The van der Waals surface area contributed by atoms with Crippen molar-refractivity contribution in [1.82, 2.24) is 19.1 Å². The Bertz CT molecular complexity index is 719. The lowest BCUT2D eigenvalue weighted by atomic mass is 10.4. The van der Waals surface area contributed by atoms with Crippen LogP contribution in [0.15, 0.2) is 35.6 Å². The van der Waals surface area contributed by atoms with Crippen molar-refractivity contribution in [3.8, 4) is 0 Å². The first-order chi connectivity index (χ1) is 9.94. The van der Waals surface area contributed by atoms with Crippen LogP contribution in [0.1, 0.15) is 17.4 Å². The first-order valence-electron chi connectivity index (χ1n) is 6.34. The summed E-state index contributed by atoms with van der Waals surface area (Å²) >= 11 is 0. The lowest BCUT2D eigenvalue weighted by Crippen LogP contribution is -2.27. The Labute approximate surface area is 122 Å². The van der Waals surface area contributed by atoms with Crippen LogP contribution >= 0.6 is 0 Å². The minimum Gasteiger partial charge on any atom is -0.477 e. The number of rotatable bonds is 7. The highest BCUT2D eigenvalue weighted by atomic mass is 32.2. The van der Waals surface area contributed by atoms with E-state index < -0.39 is 16.0 Å². The molecule has 21 heavy (non-hydrogen) atoms. The number of hydrogen-bond acceptors (Lipinski definition) is 4. The van der Waals surface area contributed by atoms with Crippen molar-refractivity contribution < 1.29 is 18.3 Å². The number of sulfonamides is 1. The Balaban J connectivity index is 2.10. The highest BCUT2D eigenvalue weighted by molar-refractivity contribution is 7.89. The Kier molecular flexibility index (Phi) is 4.43. The van der Waals surface area contributed by atoms with Crippen LogP contribution < -0.4 is 4.72 Å². The molecule has 2 aromatic rings. The molecule has 0 radical (unpaired) electrons. The summed E-state index contributed by atoms with van der Waals surface area (Å²) in [6.07, 6.45) is 4.65. The molecule has 8 nitrogen and oxygen atoms in total. The number of nitrogens with zero attached hydrogens (tertiary/aromatic N) is 3. The molecule has 0 amide bonds. The predicted molar refractivity (Wildman–Crippen MR) is 74.5 cm³/mol. The molecule has 0 aliphatic heterocycles. The molecule has 9 heteroatoms. The van der Waals surface area contributed by atoms with Gasteiger partial charge in [0.2, 0.25) is 10.0 Å². The van der Waals surface area contributed by atoms with Crippen LogP contribution in [0, 0.1) is 0 Å². The van der Waals surface area contributed by atoms with Gasteiger partial charge >= 0.3 is 5.97 Å².